The topological polar surface area (TPSA) is 36.9 Å². The molecule has 7 heteroatoms. The summed E-state index contributed by atoms with van der Waals surface area (Å²) in [7, 11) is 0. The van der Waals surface area contributed by atoms with Crippen LogP contribution in [0.25, 0.3) is 0 Å². The van der Waals surface area contributed by atoms with Crippen LogP contribution >= 0.6 is 0 Å². The highest BCUT2D eigenvalue weighted by Gasteiger charge is 2.27. The molecular formula is C12H22F3N3O. The van der Waals surface area contributed by atoms with Crippen LogP contribution in [0.1, 0.15) is 26.2 Å². The lowest BCUT2D eigenvalue weighted by molar-refractivity contribution is -0.173. The van der Waals surface area contributed by atoms with E-state index in [9.17, 15) is 13.2 Å². The number of hydrogen-bond acceptors (Lipinski definition) is 2. The Morgan fingerprint density at radius 1 is 1.32 bits per heavy atom. The molecule has 0 spiro atoms. The summed E-state index contributed by atoms with van der Waals surface area (Å²) in [6.07, 6.45) is -1.41. The molecule has 0 unspecified atom stereocenters. The Labute approximate surface area is 112 Å². The Balaban J connectivity index is 2.20. The smallest absolute Gasteiger partial charge is 0.372 e. The summed E-state index contributed by atoms with van der Waals surface area (Å²) in [6, 6.07) is 0. The van der Waals surface area contributed by atoms with Gasteiger partial charge >= 0.3 is 6.18 Å². The molecule has 1 N–H and O–H groups in total. The largest absolute Gasteiger partial charge is 0.411 e. The quantitative estimate of drug-likeness (QED) is 0.460. The number of ether oxygens (including phenoxy) is 1. The normalized spacial score (nSPS) is 17.1. The Bertz CT molecular complexity index is 276. The lowest BCUT2D eigenvalue weighted by Crippen LogP contribution is -2.39. The van der Waals surface area contributed by atoms with Crippen molar-refractivity contribution < 1.29 is 17.9 Å². The highest BCUT2D eigenvalue weighted by atomic mass is 19.4. The molecule has 1 aliphatic rings. The van der Waals surface area contributed by atoms with Gasteiger partial charge in [-0.2, -0.15) is 13.2 Å². The molecule has 19 heavy (non-hydrogen) atoms. The molecule has 0 aliphatic carbocycles. The van der Waals surface area contributed by atoms with Crippen LogP contribution in [0, 0.1) is 0 Å². The average Bonchev–Trinajstić information content (AvgIpc) is 2.84. The fourth-order valence-electron chi connectivity index (χ4n) is 1.89. The van der Waals surface area contributed by atoms with Gasteiger partial charge in [0.2, 0.25) is 0 Å². The maximum atomic E-state index is 11.8. The molecule has 0 atom stereocenters. The van der Waals surface area contributed by atoms with Gasteiger partial charge in [-0.1, -0.05) is 0 Å². The number of nitrogens with one attached hydrogen (secondary N) is 1. The summed E-state index contributed by atoms with van der Waals surface area (Å²) in [5, 5.41) is 3.19. The zero-order valence-corrected chi connectivity index (χ0v) is 11.3. The molecular weight excluding hydrogens is 259 g/mol. The van der Waals surface area contributed by atoms with E-state index in [1.54, 1.807) is 0 Å². The summed E-state index contributed by atoms with van der Waals surface area (Å²) in [6.45, 7) is 4.17. The predicted octanol–water partition coefficient (Wildman–Crippen LogP) is 2.02. The van der Waals surface area contributed by atoms with Gasteiger partial charge in [0.15, 0.2) is 5.96 Å². The van der Waals surface area contributed by atoms with E-state index >= 15 is 0 Å². The van der Waals surface area contributed by atoms with Crippen molar-refractivity contribution in [1.29, 1.82) is 0 Å². The number of hydrogen-bond donors (Lipinski definition) is 1. The van der Waals surface area contributed by atoms with E-state index < -0.39 is 12.8 Å². The van der Waals surface area contributed by atoms with Crippen LogP contribution in [-0.2, 0) is 4.74 Å². The third-order valence-electron chi connectivity index (χ3n) is 2.71. The Hall–Kier alpha value is -0.980. The number of nitrogens with zero attached hydrogens (tertiary/aromatic N) is 2. The third kappa shape index (κ3) is 7.25. The number of guanidine groups is 1. The van der Waals surface area contributed by atoms with Gasteiger partial charge in [-0.3, -0.25) is 4.99 Å². The summed E-state index contributed by atoms with van der Waals surface area (Å²) in [5.74, 6) is 0.857. The van der Waals surface area contributed by atoms with Crippen LogP contribution in [-0.4, -0.2) is 56.4 Å². The fourth-order valence-corrected chi connectivity index (χ4v) is 1.89. The molecule has 1 heterocycles. The SMILES string of the molecule is CCNC(=NCCCOCC(F)(F)F)N1CCCC1. The first kappa shape index (κ1) is 16.1. The Kier molecular flexibility index (Phi) is 6.97. The van der Waals surface area contributed by atoms with Crippen LogP contribution < -0.4 is 5.32 Å². The molecule has 112 valence electrons. The van der Waals surface area contributed by atoms with Gasteiger partial charge in [0.25, 0.3) is 0 Å². The molecule has 0 aromatic heterocycles. The number of likely N-dealkylation sites (tertiary alicyclic amines) is 1. The fraction of sp³-hybridized carbons (Fsp3) is 0.917. The van der Waals surface area contributed by atoms with E-state index in [1.807, 2.05) is 6.92 Å². The molecule has 0 radical (unpaired) electrons. The molecule has 1 fully saturated rings. The van der Waals surface area contributed by atoms with Crippen LogP contribution in [0.4, 0.5) is 13.2 Å². The summed E-state index contributed by atoms with van der Waals surface area (Å²) >= 11 is 0. The van der Waals surface area contributed by atoms with Crippen molar-refractivity contribution >= 4 is 5.96 Å². The zero-order chi connectivity index (χ0) is 14.1. The lowest BCUT2D eigenvalue weighted by Gasteiger charge is -2.20. The maximum absolute atomic E-state index is 11.8. The van der Waals surface area contributed by atoms with Crippen molar-refractivity contribution in [1.82, 2.24) is 10.2 Å². The first-order valence-electron chi connectivity index (χ1n) is 6.70. The van der Waals surface area contributed by atoms with Crippen LogP contribution in [0.5, 0.6) is 0 Å². The summed E-state index contributed by atoms with van der Waals surface area (Å²) in [4.78, 5) is 6.58. The number of aliphatic imine (C=N–C) groups is 1. The van der Waals surface area contributed by atoms with Gasteiger partial charge < -0.3 is 15.0 Å². The number of rotatable bonds is 6. The Morgan fingerprint density at radius 3 is 2.58 bits per heavy atom. The van der Waals surface area contributed by atoms with E-state index in [2.05, 4.69) is 19.9 Å². The lowest BCUT2D eigenvalue weighted by atomic mass is 10.4. The standard InChI is InChI=1S/C12H22F3N3O/c1-2-16-11(18-7-3-4-8-18)17-6-5-9-19-10-12(13,14)15/h2-10H2,1H3,(H,16,17). The van der Waals surface area contributed by atoms with Gasteiger partial charge in [-0.15, -0.1) is 0 Å². The highest BCUT2D eigenvalue weighted by Crippen LogP contribution is 2.14. The molecule has 1 rings (SSSR count). The van der Waals surface area contributed by atoms with E-state index in [-0.39, 0.29) is 6.61 Å². The molecule has 1 saturated heterocycles. The van der Waals surface area contributed by atoms with Gasteiger partial charge in [0.1, 0.15) is 6.61 Å². The first-order valence-corrected chi connectivity index (χ1v) is 6.70. The molecule has 0 bridgehead atoms. The minimum Gasteiger partial charge on any atom is -0.372 e. The van der Waals surface area contributed by atoms with Gasteiger partial charge in [-0.25, -0.2) is 0 Å². The molecule has 0 amide bonds. The van der Waals surface area contributed by atoms with E-state index in [4.69, 9.17) is 0 Å². The van der Waals surface area contributed by atoms with Crippen molar-refractivity contribution in [3.05, 3.63) is 0 Å². The molecule has 0 aromatic carbocycles. The highest BCUT2D eigenvalue weighted by molar-refractivity contribution is 5.80. The van der Waals surface area contributed by atoms with Crippen molar-refractivity contribution in [2.45, 2.75) is 32.4 Å². The zero-order valence-electron chi connectivity index (χ0n) is 11.3. The van der Waals surface area contributed by atoms with Crippen molar-refractivity contribution in [2.24, 2.45) is 4.99 Å². The minimum atomic E-state index is -4.24. The van der Waals surface area contributed by atoms with Gasteiger partial charge in [0, 0.05) is 32.8 Å². The van der Waals surface area contributed by atoms with Gasteiger partial charge in [-0.05, 0) is 26.2 Å². The van der Waals surface area contributed by atoms with Crippen LogP contribution in [0.2, 0.25) is 0 Å². The second kappa shape index (κ2) is 8.24. The molecule has 1 aliphatic heterocycles. The average molecular weight is 281 g/mol. The van der Waals surface area contributed by atoms with E-state index in [0.717, 1.165) is 25.6 Å². The monoisotopic (exact) mass is 281 g/mol. The Morgan fingerprint density at radius 2 is 2.00 bits per heavy atom. The van der Waals surface area contributed by atoms with Crippen molar-refractivity contribution in [2.75, 3.05) is 39.4 Å². The summed E-state index contributed by atoms with van der Waals surface area (Å²) < 4.78 is 40.0. The predicted molar refractivity (Wildman–Crippen MR) is 68.3 cm³/mol. The van der Waals surface area contributed by atoms with Crippen LogP contribution in [0.15, 0.2) is 4.99 Å². The first-order chi connectivity index (χ1) is 9.03. The molecule has 0 saturated carbocycles. The maximum Gasteiger partial charge on any atom is 0.411 e. The second-order valence-electron chi connectivity index (χ2n) is 4.45. The molecule has 0 aromatic rings. The molecule has 4 nitrogen and oxygen atoms in total. The minimum absolute atomic E-state index is 0.0857. The van der Waals surface area contributed by atoms with Crippen molar-refractivity contribution in [3.63, 3.8) is 0 Å². The summed E-state index contributed by atoms with van der Waals surface area (Å²) in [5.41, 5.74) is 0. The van der Waals surface area contributed by atoms with E-state index in [1.165, 1.54) is 12.8 Å². The number of alkyl halides is 3. The number of halogens is 3. The third-order valence-corrected chi connectivity index (χ3v) is 2.71. The second-order valence-corrected chi connectivity index (χ2v) is 4.45. The van der Waals surface area contributed by atoms with Crippen LogP contribution in [0.3, 0.4) is 0 Å². The van der Waals surface area contributed by atoms with E-state index in [0.29, 0.717) is 13.0 Å². The van der Waals surface area contributed by atoms with Gasteiger partial charge in [0.05, 0.1) is 0 Å². The van der Waals surface area contributed by atoms with Crippen molar-refractivity contribution in [3.8, 4) is 0 Å².